The number of methoxy groups -OCH3 is 1. The molecule has 0 saturated heterocycles. The number of benzene rings is 2. The summed E-state index contributed by atoms with van der Waals surface area (Å²) in [5.41, 5.74) is 3.14. The molecule has 152 valence electrons. The maximum atomic E-state index is 12.7. The summed E-state index contributed by atoms with van der Waals surface area (Å²) >= 11 is 0. The van der Waals surface area contributed by atoms with Crippen molar-refractivity contribution in [2.75, 3.05) is 25.2 Å². The Kier molecular flexibility index (Phi) is 4.64. The van der Waals surface area contributed by atoms with Gasteiger partial charge in [0.05, 0.1) is 18.3 Å². The van der Waals surface area contributed by atoms with Crippen LogP contribution in [0.4, 0.5) is 24.5 Å². The van der Waals surface area contributed by atoms with Gasteiger partial charge in [-0.3, -0.25) is 4.79 Å². The molecule has 29 heavy (non-hydrogen) atoms. The van der Waals surface area contributed by atoms with E-state index in [0.29, 0.717) is 29.6 Å². The molecule has 3 aromatic rings. The molecule has 0 saturated carbocycles. The first-order chi connectivity index (χ1) is 13.8. The van der Waals surface area contributed by atoms with Crippen LogP contribution in [0.25, 0.3) is 10.9 Å². The Hall–Kier alpha value is -3.16. The number of pyridine rings is 1. The molecule has 0 radical (unpaired) electrons. The molecule has 1 aromatic heterocycles. The van der Waals surface area contributed by atoms with E-state index in [4.69, 9.17) is 9.47 Å². The number of aromatic nitrogens is 1. The fourth-order valence-electron chi connectivity index (χ4n) is 3.77. The van der Waals surface area contributed by atoms with Crippen molar-refractivity contribution in [3.05, 3.63) is 57.9 Å². The molecule has 0 bridgehead atoms. The van der Waals surface area contributed by atoms with Crippen LogP contribution in [-0.4, -0.2) is 31.4 Å². The van der Waals surface area contributed by atoms with Crippen molar-refractivity contribution in [3.63, 3.8) is 0 Å². The Morgan fingerprint density at radius 1 is 1.21 bits per heavy atom. The number of para-hydroxylation sites is 1. The van der Waals surface area contributed by atoms with E-state index in [1.54, 1.807) is 19.2 Å². The summed E-state index contributed by atoms with van der Waals surface area (Å²) in [6.45, 7) is 1.12. The van der Waals surface area contributed by atoms with Crippen LogP contribution < -0.4 is 19.9 Å². The first kappa shape index (κ1) is 19.2. The van der Waals surface area contributed by atoms with Crippen molar-refractivity contribution in [3.8, 4) is 11.5 Å². The van der Waals surface area contributed by atoms with Gasteiger partial charge >= 0.3 is 6.18 Å². The number of anilines is 2. The predicted molar refractivity (Wildman–Crippen MR) is 105 cm³/mol. The number of nitrogens with zero attached hydrogens (tertiary/aromatic N) is 1. The van der Waals surface area contributed by atoms with Crippen molar-refractivity contribution in [2.45, 2.75) is 19.5 Å². The maximum absolute atomic E-state index is 12.7. The molecular formula is C21H19F3N2O3. The van der Waals surface area contributed by atoms with Crippen molar-refractivity contribution in [2.24, 2.45) is 0 Å². The number of hydrogen-bond acceptors (Lipinski definition) is 4. The summed E-state index contributed by atoms with van der Waals surface area (Å²) in [7, 11) is 1.59. The highest BCUT2D eigenvalue weighted by Crippen LogP contribution is 2.41. The summed E-state index contributed by atoms with van der Waals surface area (Å²) in [5, 5.41) is 0.645. The number of nitrogens with one attached hydrogen (secondary N) is 1. The van der Waals surface area contributed by atoms with Gasteiger partial charge in [0.2, 0.25) is 0 Å². The van der Waals surface area contributed by atoms with Gasteiger partial charge in [-0.05, 0) is 43.2 Å². The highest BCUT2D eigenvalue weighted by molar-refractivity contribution is 5.99. The summed E-state index contributed by atoms with van der Waals surface area (Å²) < 4.78 is 48.1. The number of hydrogen-bond donors (Lipinski definition) is 1. The lowest BCUT2D eigenvalue weighted by Gasteiger charge is -2.24. The molecule has 5 nitrogen and oxygen atoms in total. The van der Waals surface area contributed by atoms with Crippen molar-refractivity contribution in [1.29, 1.82) is 0 Å². The summed E-state index contributed by atoms with van der Waals surface area (Å²) in [6, 6.07) is 10.5. The zero-order valence-electron chi connectivity index (χ0n) is 15.9. The zero-order chi connectivity index (χ0) is 20.8. The average molecular weight is 404 g/mol. The second kappa shape index (κ2) is 7.02. The van der Waals surface area contributed by atoms with Crippen LogP contribution in [0.3, 0.4) is 0 Å². The number of aromatic amines is 1. The van der Waals surface area contributed by atoms with Crippen LogP contribution >= 0.6 is 0 Å². The second-order valence-corrected chi connectivity index (χ2v) is 6.92. The lowest BCUT2D eigenvalue weighted by atomic mass is 10.1. The van der Waals surface area contributed by atoms with Crippen molar-refractivity contribution < 1.29 is 22.6 Å². The van der Waals surface area contributed by atoms with E-state index in [1.807, 2.05) is 30.0 Å². The molecule has 0 amide bonds. The van der Waals surface area contributed by atoms with E-state index in [-0.39, 0.29) is 16.8 Å². The third kappa shape index (κ3) is 3.50. The third-order valence-corrected chi connectivity index (χ3v) is 5.02. The second-order valence-electron chi connectivity index (χ2n) is 6.92. The SMILES string of the molecule is COc1ccc(N2CCc3c2c2cccc(OCC(F)(F)F)c2[nH]c3=O)c(C)c1. The fourth-order valence-corrected chi connectivity index (χ4v) is 3.77. The Morgan fingerprint density at radius 3 is 2.69 bits per heavy atom. The lowest BCUT2D eigenvalue weighted by Crippen LogP contribution is -2.20. The molecule has 0 unspecified atom stereocenters. The quantitative estimate of drug-likeness (QED) is 0.697. The molecule has 0 spiro atoms. The molecule has 8 heteroatoms. The summed E-state index contributed by atoms with van der Waals surface area (Å²) in [4.78, 5) is 17.4. The van der Waals surface area contributed by atoms with Gasteiger partial charge in [-0.25, -0.2) is 0 Å². The Bertz CT molecular complexity index is 1140. The van der Waals surface area contributed by atoms with E-state index in [2.05, 4.69) is 4.98 Å². The van der Waals surface area contributed by atoms with Gasteiger partial charge in [-0.15, -0.1) is 0 Å². The maximum Gasteiger partial charge on any atom is 0.422 e. The first-order valence-corrected chi connectivity index (χ1v) is 9.08. The van der Waals surface area contributed by atoms with E-state index in [1.165, 1.54) is 6.07 Å². The fraction of sp³-hybridized carbons (Fsp3) is 0.286. The van der Waals surface area contributed by atoms with Gasteiger partial charge in [0.1, 0.15) is 11.5 Å². The molecule has 0 aliphatic carbocycles. The van der Waals surface area contributed by atoms with Crippen LogP contribution in [0.5, 0.6) is 11.5 Å². The largest absolute Gasteiger partial charge is 0.497 e. The minimum atomic E-state index is -4.47. The molecular weight excluding hydrogens is 385 g/mol. The average Bonchev–Trinajstić information content (AvgIpc) is 3.11. The highest BCUT2D eigenvalue weighted by atomic mass is 19.4. The van der Waals surface area contributed by atoms with Crippen LogP contribution in [0, 0.1) is 6.92 Å². The van der Waals surface area contributed by atoms with Gasteiger partial charge < -0.3 is 19.4 Å². The third-order valence-electron chi connectivity index (χ3n) is 5.02. The highest BCUT2D eigenvalue weighted by Gasteiger charge is 2.30. The van der Waals surface area contributed by atoms with Gasteiger partial charge in [0.25, 0.3) is 5.56 Å². The number of fused-ring (bicyclic) bond motifs is 3. The van der Waals surface area contributed by atoms with E-state index in [0.717, 1.165) is 17.0 Å². The smallest absolute Gasteiger partial charge is 0.422 e. The van der Waals surface area contributed by atoms with E-state index < -0.39 is 12.8 Å². The molecule has 1 N–H and O–H groups in total. The number of halogens is 3. The molecule has 0 fully saturated rings. The topological polar surface area (TPSA) is 54.6 Å². The molecule has 2 aromatic carbocycles. The Labute approximate surface area is 164 Å². The zero-order valence-corrected chi connectivity index (χ0v) is 15.9. The minimum absolute atomic E-state index is 0.00183. The van der Waals surface area contributed by atoms with Gasteiger partial charge in [-0.1, -0.05) is 12.1 Å². The van der Waals surface area contributed by atoms with Crippen LogP contribution in [0.15, 0.2) is 41.2 Å². The van der Waals surface area contributed by atoms with Crippen LogP contribution in [0.1, 0.15) is 11.1 Å². The molecule has 1 aliphatic rings. The Balaban J connectivity index is 1.86. The van der Waals surface area contributed by atoms with Crippen molar-refractivity contribution >= 4 is 22.3 Å². The van der Waals surface area contributed by atoms with Gasteiger partial charge in [-0.2, -0.15) is 13.2 Å². The van der Waals surface area contributed by atoms with Crippen molar-refractivity contribution in [1.82, 2.24) is 4.98 Å². The normalized spacial score (nSPS) is 13.6. The first-order valence-electron chi connectivity index (χ1n) is 9.08. The van der Waals surface area contributed by atoms with E-state index >= 15 is 0 Å². The number of H-pyrrole nitrogens is 1. The number of ether oxygens (including phenoxy) is 2. The van der Waals surface area contributed by atoms with E-state index in [9.17, 15) is 18.0 Å². The Morgan fingerprint density at radius 2 is 2.00 bits per heavy atom. The molecule has 2 heterocycles. The van der Waals surface area contributed by atoms with Gasteiger partial charge in [0.15, 0.2) is 6.61 Å². The monoisotopic (exact) mass is 404 g/mol. The molecule has 0 atom stereocenters. The molecule has 1 aliphatic heterocycles. The number of alkyl halides is 3. The van der Waals surface area contributed by atoms with Crippen LogP contribution in [0.2, 0.25) is 0 Å². The van der Waals surface area contributed by atoms with Crippen LogP contribution in [-0.2, 0) is 6.42 Å². The van der Waals surface area contributed by atoms with Gasteiger partial charge in [0, 0.05) is 23.2 Å². The number of rotatable bonds is 4. The minimum Gasteiger partial charge on any atom is -0.497 e. The molecule has 4 rings (SSSR count). The predicted octanol–water partition coefficient (Wildman–Crippen LogP) is 4.48. The number of aryl methyl sites for hydroxylation is 1. The standard InChI is InChI=1S/C21H19F3N2O3/c1-12-10-13(28-2)6-7-16(12)26-9-8-15-19(26)14-4-3-5-17(18(14)25-20(15)27)29-11-21(22,23)24/h3-7,10H,8-9,11H2,1-2H3,(H,25,27). The summed E-state index contributed by atoms with van der Waals surface area (Å²) in [5.74, 6) is 0.724. The summed E-state index contributed by atoms with van der Waals surface area (Å²) in [6.07, 6.45) is -3.93. The lowest BCUT2D eigenvalue weighted by molar-refractivity contribution is -0.153.